The summed E-state index contributed by atoms with van der Waals surface area (Å²) in [4.78, 5) is 34.8. The van der Waals surface area contributed by atoms with Gasteiger partial charge in [-0.25, -0.2) is 0 Å². The van der Waals surface area contributed by atoms with E-state index >= 15 is 0 Å². The number of aliphatic carboxylic acids is 1. The molecule has 1 aromatic rings. The summed E-state index contributed by atoms with van der Waals surface area (Å²) in [6, 6.07) is 1.88. The van der Waals surface area contributed by atoms with Crippen LogP contribution >= 0.6 is 67.8 Å². The number of nitrogens with two attached hydrogens (primary N) is 1. The highest BCUT2D eigenvalue weighted by Gasteiger charge is 2.20. The van der Waals surface area contributed by atoms with Crippen molar-refractivity contribution < 1.29 is 19.5 Å². The molecule has 1 rings (SSSR count). The number of hydrogen-bond acceptors (Lipinski definition) is 4. The van der Waals surface area contributed by atoms with Crippen LogP contribution in [-0.2, 0) is 9.59 Å². The van der Waals surface area contributed by atoms with Crippen molar-refractivity contribution in [2.24, 2.45) is 5.73 Å². The van der Waals surface area contributed by atoms with E-state index in [1.54, 1.807) is 0 Å². The van der Waals surface area contributed by atoms with Gasteiger partial charge >= 0.3 is 5.97 Å². The van der Waals surface area contributed by atoms with E-state index < -0.39 is 5.97 Å². The third-order valence-corrected chi connectivity index (χ3v) is 7.23. The number of hydrogen-bond donors (Lipinski definition) is 4. The number of carbonyl (C=O) groups is 3. The van der Waals surface area contributed by atoms with Gasteiger partial charge in [0.1, 0.15) is 0 Å². The van der Waals surface area contributed by atoms with Crippen LogP contribution in [0.3, 0.4) is 0 Å². The molecule has 0 aliphatic heterocycles. The van der Waals surface area contributed by atoms with Crippen LogP contribution in [-0.4, -0.2) is 36.0 Å². The van der Waals surface area contributed by atoms with Crippen molar-refractivity contribution in [2.75, 3.05) is 18.4 Å². The molecule has 7 nitrogen and oxygen atoms in total. The first kappa shape index (κ1) is 27.8. The van der Waals surface area contributed by atoms with Gasteiger partial charge in [0.05, 0.1) is 21.4 Å². The van der Waals surface area contributed by atoms with Crippen LogP contribution in [0.25, 0.3) is 0 Å². The van der Waals surface area contributed by atoms with Crippen LogP contribution in [0.5, 0.6) is 0 Å². The number of rotatable bonds is 14. The van der Waals surface area contributed by atoms with E-state index in [4.69, 9.17) is 10.8 Å². The van der Waals surface area contributed by atoms with Gasteiger partial charge in [0.2, 0.25) is 5.91 Å². The fourth-order valence-corrected chi connectivity index (χ4v) is 6.99. The number of amides is 2. The Morgan fingerprint density at radius 1 is 0.900 bits per heavy atom. The zero-order chi connectivity index (χ0) is 22.5. The van der Waals surface area contributed by atoms with Crippen LogP contribution in [0, 0.1) is 10.7 Å². The van der Waals surface area contributed by atoms with Crippen LogP contribution < -0.4 is 16.4 Å². The summed E-state index contributed by atoms with van der Waals surface area (Å²) in [6.45, 7) is 0.502. The Balaban J connectivity index is 2.37. The molecule has 0 spiro atoms. The van der Waals surface area contributed by atoms with Crippen molar-refractivity contribution in [3.63, 3.8) is 0 Å². The molecule has 0 aromatic heterocycles. The molecule has 0 aliphatic rings. The summed E-state index contributed by atoms with van der Waals surface area (Å²) in [7, 11) is 0. The van der Waals surface area contributed by atoms with Gasteiger partial charge in [0.25, 0.3) is 5.91 Å². The first-order valence-electron chi connectivity index (χ1n) is 9.95. The summed E-state index contributed by atoms with van der Waals surface area (Å²) < 4.78 is 2.42. The number of nitrogens with one attached hydrogen (secondary N) is 2. The number of carboxylic acids is 1. The highest BCUT2D eigenvalue weighted by atomic mass is 127. The van der Waals surface area contributed by atoms with Gasteiger partial charge < -0.3 is 21.5 Å². The number of unbranched alkanes of at least 4 members (excludes halogenated alkanes) is 7. The van der Waals surface area contributed by atoms with Crippen molar-refractivity contribution in [1.29, 1.82) is 0 Å². The second-order valence-corrected chi connectivity index (χ2v) is 10.3. The fourth-order valence-electron chi connectivity index (χ4n) is 2.86. The molecular weight excluding hydrogens is 727 g/mol. The van der Waals surface area contributed by atoms with Crippen molar-refractivity contribution in [2.45, 2.75) is 57.8 Å². The first-order chi connectivity index (χ1) is 14.3. The van der Waals surface area contributed by atoms with E-state index in [1.807, 2.05) is 6.07 Å². The molecule has 0 saturated heterocycles. The largest absolute Gasteiger partial charge is 0.481 e. The van der Waals surface area contributed by atoms with Crippen molar-refractivity contribution >= 4 is 91.2 Å². The van der Waals surface area contributed by atoms with Gasteiger partial charge in [0, 0.05) is 20.1 Å². The van der Waals surface area contributed by atoms with E-state index in [9.17, 15) is 14.4 Å². The van der Waals surface area contributed by atoms with Gasteiger partial charge in [-0.1, -0.05) is 38.5 Å². The number of halogens is 3. The lowest BCUT2D eigenvalue weighted by molar-refractivity contribution is -0.137. The lowest BCUT2D eigenvalue weighted by Crippen LogP contribution is -2.28. The Kier molecular flexibility index (Phi) is 14.4. The SMILES string of the molecule is NCC(=O)Nc1c(I)cc(I)c(C(=O)NCCCCCCCCCCC(=O)O)c1I. The minimum absolute atomic E-state index is 0.109. The molecule has 0 fully saturated rings. The monoisotopic (exact) mass is 755 g/mol. The van der Waals surface area contributed by atoms with Gasteiger partial charge in [0.15, 0.2) is 0 Å². The molecule has 1 aromatic carbocycles. The molecule has 0 radical (unpaired) electrons. The summed E-state index contributed by atoms with van der Waals surface area (Å²) in [5, 5.41) is 14.4. The molecule has 168 valence electrons. The number of benzene rings is 1. The van der Waals surface area contributed by atoms with Gasteiger partial charge in [-0.3, -0.25) is 14.4 Å². The summed E-state index contributed by atoms with van der Waals surface area (Å²) in [5.41, 5.74) is 6.59. The molecule has 0 aliphatic carbocycles. The number of anilines is 1. The normalized spacial score (nSPS) is 10.7. The van der Waals surface area contributed by atoms with Crippen LogP contribution in [0.4, 0.5) is 5.69 Å². The predicted molar refractivity (Wildman–Crippen MR) is 144 cm³/mol. The molecule has 0 unspecified atom stereocenters. The zero-order valence-electron chi connectivity index (χ0n) is 16.7. The Labute approximate surface area is 218 Å². The van der Waals surface area contributed by atoms with E-state index in [1.165, 1.54) is 0 Å². The maximum atomic E-state index is 12.7. The van der Waals surface area contributed by atoms with Crippen molar-refractivity contribution in [3.8, 4) is 0 Å². The maximum absolute atomic E-state index is 12.7. The summed E-state index contributed by atoms with van der Waals surface area (Å²) >= 11 is 6.38. The minimum atomic E-state index is -0.719. The van der Waals surface area contributed by atoms with Gasteiger partial charge in [-0.05, 0) is 86.7 Å². The average Bonchev–Trinajstić information content (AvgIpc) is 2.68. The standard InChI is InChI=1S/C20H28I3N3O4/c21-13-11-14(22)19(26-15(27)12-24)18(23)17(13)20(30)25-10-8-6-4-2-1-3-5-7-9-16(28)29/h11H,1-10,12,24H2,(H,25,30)(H,26,27)(H,28,29). The Morgan fingerprint density at radius 2 is 1.47 bits per heavy atom. The van der Waals surface area contributed by atoms with Crippen LogP contribution in [0.1, 0.15) is 68.1 Å². The Bertz CT molecular complexity index is 744. The molecule has 0 heterocycles. The molecule has 30 heavy (non-hydrogen) atoms. The van der Waals surface area contributed by atoms with E-state index in [0.29, 0.717) is 21.4 Å². The predicted octanol–water partition coefficient (Wildman–Crippen LogP) is 4.72. The first-order valence-corrected chi connectivity index (χ1v) is 13.2. The maximum Gasteiger partial charge on any atom is 0.303 e. The highest BCUT2D eigenvalue weighted by Crippen LogP contribution is 2.31. The number of carboxylic acid groups (broad SMARTS) is 1. The fraction of sp³-hybridized carbons (Fsp3) is 0.550. The smallest absolute Gasteiger partial charge is 0.303 e. The summed E-state index contributed by atoms with van der Waals surface area (Å²) in [5.74, 6) is -1.15. The zero-order valence-corrected chi connectivity index (χ0v) is 23.2. The van der Waals surface area contributed by atoms with Crippen molar-refractivity contribution in [1.82, 2.24) is 5.32 Å². The Hall–Kier alpha value is -0.220. The lowest BCUT2D eigenvalue weighted by atomic mass is 10.1. The molecule has 10 heteroatoms. The van der Waals surface area contributed by atoms with E-state index in [-0.39, 0.29) is 24.8 Å². The quantitative estimate of drug-likeness (QED) is 0.162. The molecular formula is C20H28I3N3O4. The van der Waals surface area contributed by atoms with E-state index in [2.05, 4.69) is 78.4 Å². The van der Waals surface area contributed by atoms with Crippen LogP contribution in [0.2, 0.25) is 0 Å². The van der Waals surface area contributed by atoms with E-state index in [0.717, 1.165) is 58.5 Å². The second kappa shape index (κ2) is 15.6. The lowest BCUT2D eigenvalue weighted by Gasteiger charge is -2.15. The highest BCUT2D eigenvalue weighted by molar-refractivity contribution is 14.1. The third kappa shape index (κ3) is 10.4. The molecule has 0 bridgehead atoms. The second-order valence-electron chi connectivity index (χ2n) is 6.88. The third-order valence-electron chi connectivity index (χ3n) is 4.45. The van der Waals surface area contributed by atoms with Gasteiger partial charge in [-0.2, -0.15) is 0 Å². The molecule has 0 atom stereocenters. The van der Waals surface area contributed by atoms with Crippen LogP contribution in [0.15, 0.2) is 6.07 Å². The molecule has 5 N–H and O–H groups in total. The molecule has 0 saturated carbocycles. The minimum Gasteiger partial charge on any atom is -0.481 e. The van der Waals surface area contributed by atoms with Crippen molar-refractivity contribution in [3.05, 3.63) is 22.3 Å². The summed E-state index contributed by atoms with van der Waals surface area (Å²) in [6.07, 6.45) is 8.42. The van der Waals surface area contributed by atoms with Gasteiger partial charge in [-0.15, -0.1) is 0 Å². The number of carbonyl (C=O) groups excluding carboxylic acids is 2. The average molecular weight is 755 g/mol. The topological polar surface area (TPSA) is 122 Å². The molecule has 2 amide bonds. The Morgan fingerprint density at radius 3 is 2.03 bits per heavy atom.